The van der Waals surface area contributed by atoms with Gasteiger partial charge >= 0.3 is 6.36 Å². The molecule has 0 unspecified atom stereocenters. The standard InChI is InChI=1S/C25H20F3N5O4S/c1-33-18-7-4-14(22(35)29-12-13-3-8-20(36-2)19(34)9-13)10-17(18)30-23(33)32-24-31-16-6-5-15(11-21(16)38-24)37-25(26,27)28/h3-11,34H,12H2,1-2H3,(H,29,35)(H,30,31,32). The minimum atomic E-state index is -4.78. The van der Waals surface area contributed by atoms with Gasteiger partial charge in [-0.2, -0.15) is 0 Å². The van der Waals surface area contributed by atoms with E-state index in [-0.39, 0.29) is 24.0 Å². The highest BCUT2D eigenvalue weighted by atomic mass is 32.1. The van der Waals surface area contributed by atoms with Crippen LogP contribution in [0.4, 0.5) is 24.3 Å². The van der Waals surface area contributed by atoms with Crippen LogP contribution in [0.2, 0.25) is 0 Å². The molecule has 1 amide bonds. The van der Waals surface area contributed by atoms with Crippen molar-refractivity contribution in [2.24, 2.45) is 7.05 Å². The second kappa shape index (κ2) is 9.74. The molecule has 0 spiro atoms. The van der Waals surface area contributed by atoms with E-state index in [1.54, 1.807) is 41.9 Å². The van der Waals surface area contributed by atoms with E-state index >= 15 is 0 Å². The number of aromatic hydroxyl groups is 1. The van der Waals surface area contributed by atoms with E-state index in [4.69, 9.17) is 4.74 Å². The number of ether oxygens (including phenoxy) is 2. The molecule has 0 radical (unpaired) electrons. The molecule has 0 saturated heterocycles. The Labute approximate surface area is 217 Å². The van der Waals surface area contributed by atoms with Crippen molar-refractivity contribution >= 4 is 49.6 Å². The first-order chi connectivity index (χ1) is 18.1. The fraction of sp³-hybridized carbons (Fsp3) is 0.160. The number of aryl methyl sites for hydroxylation is 1. The van der Waals surface area contributed by atoms with E-state index in [2.05, 4.69) is 25.3 Å². The first-order valence-electron chi connectivity index (χ1n) is 11.1. The van der Waals surface area contributed by atoms with Gasteiger partial charge in [0.2, 0.25) is 5.95 Å². The molecular formula is C25H20F3N5O4S. The summed E-state index contributed by atoms with van der Waals surface area (Å²) < 4.78 is 48.9. The summed E-state index contributed by atoms with van der Waals surface area (Å²) >= 11 is 1.15. The number of aromatic nitrogens is 3. The van der Waals surface area contributed by atoms with E-state index in [1.807, 2.05) is 0 Å². The fourth-order valence-electron chi connectivity index (χ4n) is 3.83. The third-order valence-corrected chi connectivity index (χ3v) is 6.59. The maximum atomic E-state index is 12.7. The Bertz CT molecular complexity index is 1660. The van der Waals surface area contributed by atoms with Crippen LogP contribution in [0.3, 0.4) is 0 Å². The Morgan fingerprint density at radius 1 is 1.08 bits per heavy atom. The highest BCUT2D eigenvalue weighted by Crippen LogP contribution is 2.33. The summed E-state index contributed by atoms with van der Waals surface area (Å²) in [7, 11) is 3.24. The number of phenolic OH excluding ortho intramolecular Hbond substituents is 1. The van der Waals surface area contributed by atoms with Gasteiger partial charge in [-0.25, -0.2) is 9.97 Å². The topological polar surface area (TPSA) is 111 Å². The number of anilines is 2. The van der Waals surface area contributed by atoms with Crippen molar-refractivity contribution in [3.05, 3.63) is 65.7 Å². The fourth-order valence-corrected chi connectivity index (χ4v) is 4.72. The molecule has 9 nitrogen and oxygen atoms in total. The number of carbonyl (C=O) groups is 1. The third-order valence-electron chi connectivity index (χ3n) is 5.65. The summed E-state index contributed by atoms with van der Waals surface area (Å²) in [6, 6.07) is 13.9. The van der Waals surface area contributed by atoms with Crippen LogP contribution >= 0.6 is 11.3 Å². The van der Waals surface area contributed by atoms with Crippen molar-refractivity contribution < 1.29 is 32.5 Å². The van der Waals surface area contributed by atoms with Gasteiger partial charge in [0.1, 0.15) is 5.75 Å². The van der Waals surface area contributed by atoms with Crippen LogP contribution in [0, 0.1) is 0 Å². The number of imidazole rings is 1. The molecule has 0 aliphatic heterocycles. The van der Waals surface area contributed by atoms with E-state index < -0.39 is 6.36 Å². The number of methoxy groups -OCH3 is 1. The number of halogens is 3. The Kier molecular flexibility index (Phi) is 6.45. The SMILES string of the molecule is COc1ccc(CNC(=O)c2ccc3c(c2)nc(Nc2nc4ccc(OC(F)(F)F)cc4s2)n3C)cc1O. The van der Waals surface area contributed by atoms with Crippen LogP contribution in [0.25, 0.3) is 21.3 Å². The van der Waals surface area contributed by atoms with E-state index in [0.717, 1.165) is 16.9 Å². The number of alkyl halides is 3. The van der Waals surface area contributed by atoms with Gasteiger partial charge in [0.05, 0.1) is 28.4 Å². The van der Waals surface area contributed by atoms with Gasteiger partial charge in [-0.1, -0.05) is 17.4 Å². The molecule has 0 aliphatic rings. The van der Waals surface area contributed by atoms with E-state index in [0.29, 0.717) is 43.7 Å². The minimum absolute atomic E-state index is 0.0163. The molecule has 0 atom stereocenters. The largest absolute Gasteiger partial charge is 0.573 e. The molecule has 38 heavy (non-hydrogen) atoms. The summed E-state index contributed by atoms with van der Waals surface area (Å²) in [6.45, 7) is 0.205. The Morgan fingerprint density at radius 3 is 2.63 bits per heavy atom. The first kappa shape index (κ1) is 25.1. The lowest BCUT2D eigenvalue weighted by Gasteiger charge is -2.08. The monoisotopic (exact) mass is 543 g/mol. The summed E-state index contributed by atoms with van der Waals surface area (Å²) in [5.74, 6) is 0.133. The number of amides is 1. The first-order valence-corrected chi connectivity index (χ1v) is 12.0. The lowest BCUT2D eigenvalue weighted by atomic mass is 10.1. The van der Waals surface area contributed by atoms with E-state index in [9.17, 15) is 23.1 Å². The zero-order valence-corrected chi connectivity index (χ0v) is 20.8. The van der Waals surface area contributed by atoms with Crippen LogP contribution in [0.1, 0.15) is 15.9 Å². The van der Waals surface area contributed by atoms with Crippen LogP contribution < -0.4 is 20.1 Å². The molecule has 196 valence electrons. The molecule has 5 rings (SSSR count). The van der Waals surface area contributed by atoms with Gasteiger partial charge in [0.25, 0.3) is 5.91 Å². The molecule has 0 fully saturated rings. The van der Waals surface area contributed by atoms with E-state index in [1.165, 1.54) is 31.4 Å². The summed E-state index contributed by atoms with van der Waals surface area (Å²) in [5.41, 5.74) is 2.93. The number of nitrogens with one attached hydrogen (secondary N) is 2. The highest BCUT2D eigenvalue weighted by Gasteiger charge is 2.31. The quantitative estimate of drug-likeness (QED) is 0.250. The second-order valence-corrected chi connectivity index (χ2v) is 9.24. The normalized spacial score (nSPS) is 11.6. The zero-order valence-electron chi connectivity index (χ0n) is 20.0. The number of fused-ring (bicyclic) bond motifs is 2. The zero-order chi connectivity index (χ0) is 27.0. The van der Waals surface area contributed by atoms with Gasteiger partial charge in [0, 0.05) is 25.2 Å². The predicted octanol–water partition coefficient (Wildman–Crippen LogP) is 5.47. The molecule has 13 heteroatoms. The van der Waals surface area contributed by atoms with Crippen molar-refractivity contribution in [2.75, 3.05) is 12.4 Å². The number of thiazole rings is 1. The number of benzene rings is 3. The van der Waals surface area contributed by atoms with Crippen molar-refractivity contribution in [2.45, 2.75) is 12.9 Å². The highest BCUT2D eigenvalue weighted by molar-refractivity contribution is 7.22. The number of hydrogen-bond acceptors (Lipinski definition) is 8. The summed E-state index contributed by atoms with van der Waals surface area (Å²) in [6.07, 6.45) is -4.78. The Balaban J connectivity index is 1.31. The average Bonchev–Trinajstić information content (AvgIpc) is 3.40. The Morgan fingerprint density at radius 2 is 1.89 bits per heavy atom. The molecule has 2 heterocycles. The van der Waals surface area contributed by atoms with Crippen molar-refractivity contribution in [1.82, 2.24) is 19.9 Å². The van der Waals surface area contributed by atoms with Crippen molar-refractivity contribution in [1.29, 1.82) is 0 Å². The van der Waals surface area contributed by atoms with Crippen LogP contribution in [0.5, 0.6) is 17.2 Å². The van der Waals surface area contributed by atoms with Crippen LogP contribution in [-0.4, -0.2) is 39.0 Å². The van der Waals surface area contributed by atoms with Gasteiger partial charge in [-0.3, -0.25) is 4.79 Å². The summed E-state index contributed by atoms with van der Waals surface area (Å²) in [4.78, 5) is 21.7. The summed E-state index contributed by atoms with van der Waals surface area (Å²) in [5, 5.41) is 16.2. The molecular weight excluding hydrogens is 523 g/mol. The molecule has 3 N–H and O–H groups in total. The van der Waals surface area contributed by atoms with Crippen molar-refractivity contribution in [3.8, 4) is 17.2 Å². The number of carbonyl (C=O) groups excluding carboxylic acids is 1. The third kappa shape index (κ3) is 5.27. The Hall–Kier alpha value is -4.52. The average molecular weight is 544 g/mol. The molecule has 2 aromatic heterocycles. The number of nitrogens with zero attached hydrogens (tertiary/aromatic N) is 3. The number of phenols is 1. The van der Waals surface area contributed by atoms with Gasteiger partial charge in [-0.05, 0) is 48.0 Å². The molecule has 0 bridgehead atoms. The minimum Gasteiger partial charge on any atom is -0.504 e. The van der Waals surface area contributed by atoms with Gasteiger partial charge in [0.15, 0.2) is 16.6 Å². The van der Waals surface area contributed by atoms with Crippen molar-refractivity contribution in [3.63, 3.8) is 0 Å². The molecule has 3 aromatic carbocycles. The number of rotatable bonds is 7. The maximum absolute atomic E-state index is 12.7. The van der Waals surface area contributed by atoms with Gasteiger partial charge in [-0.15, -0.1) is 13.2 Å². The van der Waals surface area contributed by atoms with Gasteiger partial charge < -0.3 is 29.8 Å². The smallest absolute Gasteiger partial charge is 0.504 e. The number of hydrogen-bond donors (Lipinski definition) is 3. The van der Waals surface area contributed by atoms with Crippen LogP contribution in [-0.2, 0) is 13.6 Å². The molecule has 0 saturated carbocycles. The maximum Gasteiger partial charge on any atom is 0.573 e. The predicted molar refractivity (Wildman–Crippen MR) is 136 cm³/mol. The lowest BCUT2D eigenvalue weighted by molar-refractivity contribution is -0.274. The molecule has 5 aromatic rings. The lowest BCUT2D eigenvalue weighted by Crippen LogP contribution is -2.22. The van der Waals surface area contributed by atoms with Crippen LogP contribution in [0.15, 0.2) is 54.6 Å². The molecule has 0 aliphatic carbocycles. The second-order valence-electron chi connectivity index (χ2n) is 8.21.